The van der Waals surface area contributed by atoms with E-state index in [0.29, 0.717) is 12.2 Å². The van der Waals surface area contributed by atoms with Crippen molar-refractivity contribution in [2.75, 3.05) is 6.61 Å². The number of nitrogens with zero attached hydrogens (tertiary/aromatic N) is 1. The van der Waals surface area contributed by atoms with Gasteiger partial charge in [0, 0.05) is 17.3 Å². The maximum Gasteiger partial charge on any atom is 0.269 e. The van der Waals surface area contributed by atoms with Crippen LogP contribution in [0.1, 0.15) is 22.8 Å². The molecule has 6 nitrogen and oxygen atoms in total. The number of aryl methyl sites for hydroxylation is 1. The third-order valence-corrected chi connectivity index (χ3v) is 4.05. The summed E-state index contributed by atoms with van der Waals surface area (Å²) in [5.74, 6) is 0.0665. The van der Waals surface area contributed by atoms with Gasteiger partial charge in [0.05, 0.1) is 6.61 Å². The van der Waals surface area contributed by atoms with Crippen LogP contribution in [0.25, 0.3) is 10.9 Å². The van der Waals surface area contributed by atoms with Crippen LogP contribution in [0.4, 0.5) is 0 Å². The van der Waals surface area contributed by atoms with Crippen LogP contribution >= 0.6 is 0 Å². The predicted molar refractivity (Wildman–Crippen MR) is 99.9 cm³/mol. The average molecular weight is 351 g/mol. The molecule has 0 aliphatic heterocycles. The molecular weight excluding hydrogens is 330 g/mol. The van der Waals surface area contributed by atoms with Gasteiger partial charge < -0.3 is 9.30 Å². The fourth-order valence-corrected chi connectivity index (χ4v) is 2.78. The van der Waals surface area contributed by atoms with Gasteiger partial charge in [-0.25, -0.2) is 0 Å². The number of para-hydroxylation sites is 1. The van der Waals surface area contributed by atoms with Gasteiger partial charge in [-0.05, 0) is 55.1 Å². The topological polar surface area (TPSA) is 72.4 Å². The lowest BCUT2D eigenvalue weighted by Gasteiger charge is -2.11. The molecule has 6 heteroatoms. The summed E-state index contributed by atoms with van der Waals surface area (Å²) in [6.07, 6.45) is 1.85. The Bertz CT molecular complexity index is 946. The monoisotopic (exact) mass is 351 g/mol. The Hall–Kier alpha value is -3.28. The van der Waals surface area contributed by atoms with Crippen molar-refractivity contribution in [2.24, 2.45) is 0 Å². The smallest absolute Gasteiger partial charge is 0.269 e. The number of ether oxygens (including phenoxy) is 1. The minimum Gasteiger partial charge on any atom is -0.494 e. The molecule has 2 amide bonds. The van der Waals surface area contributed by atoms with Crippen molar-refractivity contribution in [1.29, 1.82) is 0 Å². The second kappa shape index (κ2) is 7.74. The molecule has 0 radical (unpaired) electrons. The van der Waals surface area contributed by atoms with Crippen LogP contribution < -0.4 is 15.6 Å². The Morgan fingerprint density at radius 3 is 2.65 bits per heavy atom. The number of fused-ring (bicyclic) bond motifs is 1. The molecule has 0 spiro atoms. The zero-order chi connectivity index (χ0) is 18.5. The van der Waals surface area contributed by atoms with Crippen molar-refractivity contribution in [1.82, 2.24) is 15.4 Å². The molecular formula is C20H21N3O3. The van der Waals surface area contributed by atoms with Gasteiger partial charge >= 0.3 is 0 Å². The Balaban J connectivity index is 1.59. The van der Waals surface area contributed by atoms with E-state index in [4.69, 9.17) is 4.74 Å². The van der Waals surface area contributed by atoms with E-state index >= 15 is 0 Å². The first-order chi connectivity index (χ1) is 12.6. The second-order valence-electron chi connectivity index (χ2n) is 5.92. The molecule has 0 aliphatic carbocycles. The molecule has 0 unspecified atom stereocenters. The minimum absolute atomic E-state index is 0.121. The summed E-state index contributed by atoms with van der Waals surface area (Å²) in [7, 11) is 0. The van der Waals surface area contributed by atoms with Crippen molar-refractivity contribution < 1.29 is 14.3 Å². The van der Waals surface area contributed by atoms with Gasteiger partial charge in [0.25, 0.3) is 11.8 Å². The average Bonchev–Trinajstić information content (AvgIpc) is 3.04. The zero-order valence-electron chi connectivity index (χ0n) is 14.8. The van der Waals surface area contributed by atoms with Gasteiger partial charge in [0.1, 0.15) is 12.3 Å². The van der Waals surface area contributed by atoms with Gasteiger partial charge in [-0.15, -0.1) is 0 Å². The lowest BCUT2D eigenvalue weighted by molar-refractivity contribution is -0.122. The van der Waals surface area contributed by atoms with Crippen LogP contribution in [-0.2, 0) is 11.3 Å². The standard InChI is InChI=1S/C20H21N3O3/c1-3-26-18-9-8-16(12-14(18)2)20(25)22-21-19(24)13-23-11-10-15-6-4-5-7-17(15)23/h4-12H,3,13H2,1-2H3,(H,21,24)(H,22,25). The highest BCUT2D eigenvalue weighted by Crippen LogP contribution is 2.19. The number of amides is 2. The number of benzene rings is 2. The molecule has 0 saturated carbocycles. The summed E-state index contributed by atoms with van der Waals surface area (Å²) in [4.78, 5) is 24.3. The quantitative estimate of drug-likeness (QED) is 0.694. The number of hydrogen-bond donors (Lipinski definition) is 2. The maximum atomic E-state index is 12.2. The minimum atomic E-state index is -0.373. The first-order valence-corrected chi connectivity index (χ1v) is 8.45. The molecule has 3 rings (SSSR count). The van der Waals surface area contributed by atoms with Gasteiger partial charge in [-0.3, -0.25) is 20.4 Å². The molecule has 0 saturated heterocycles. The van der Waals surface area contributed by atoms with E-state index in [9.17, 15) is 9.59 Å². The van der Waals surface area contributed by atoms with Gasteiger partial charge in [0.15, 0.2) is 0 Å². The van der Waals surface area contributed by atoms with Crippen LogP contribution in [0, 0.1) is 6.92 Å². The zero-order valence-corrected chi connectivity index (χ0v) is 14.8. The Morgan fingerprint density at radius 1 is 1.08 bits per heavy atom. The molecule has 0 atom stereocenters. The first-order valence-electron chi connectivity index (χ1n) is 8.45. The van der Waals surface area contributed by atoms with E-state index in [-0.39, 0.29) is 18.4 Å². The van der Waals surface area contributed by atoms with E-state index in [0.717, 1.165) is 22.2 Å². The molecule has 1 heterocycles. The van der Waals surface area contributed by atoms with E-state index < -0.39 is 0 Å². The van der Waals surface area contributed by atoms with Crippen molar-refractivity contribution in [3.05, 3.63) is 65.9 Å². The number of rotatable bonds is 5. The van der Waals surface area contributed by atoms with E-state index in [1.165, 1.54) is 0 Å². The van der Waals surface area contributed by atoms with Gasteiger partial charge in [-0.1, -0.05) is 18.2 Å². The van der Waals surface area contributed by atoms with Crippen molar-refractivity contribution in [3.8, 4) is 5.75 Å². The molecule has 2 aromatic carbocycles. The fourth-order valence-electron chi connectivity index (χ4n) is 2.78. The summed E-state index contributed by atoms with van der Waals surface area (Å²) >= 11 is 0. The molecule has 134 valence electrons. The number of carbonyl (C=O) groups is 2. The van der Waals surface area contributed by atoms with Crippen molar-refractivity contribution in [3.63, 3.8) is 0 Å². The molecule has 0 fully saturated rings. The fraction of sp³-hybridized carbons (Fsp3) is 0.200. The van der Waals surface area contributed by atoms with Gasteiger partial charge in [-0.2, -0.15) is 0 Å². The molecule has 1 aromatic heterocycles. The SMILES string of the molecule is CCOc1ccc(C(=O)NNC(=O)Cn2ccc3ccccc32)cc1C. The third-order valence-electron chi connectivity index (χ3n) is 4.05. The first kappa shape index (κ1) is 17.5. The highest BCUT2D eigenvalue weighted by Gasteiger charge is 2.10. The summed E-state index contributed by atoms with van der Waals surface area (Å²) in [5, 5.41) is 1.06. The maximum absolute atomic E-state index is 12.2. The van der Waals surface area contributed by atoms with E-state index in [2.05, 4.69) is 10.9 Å². The summed E-state index contributed by atoms with van der Waals surface area (Å²) in [6.45, 7) is 4.47. The van der Waals surface area contributed by atoms with Crippen LogP contribution in [0.15, 0.2) is 54.7 Å². The third kappa shape index (κ3) is 3.85. The number of hydrogen-bond acceptors (Lipinski definition) is 3. The Kier molecular flexibility index (Phi) is 5.22. The lowest BCUT2D eigenvalue weighted by Crippen LogP contribution is -2.43. The van der Waals surface area contributed by atoms with Crippen molar-refractivity contribution >= 4 is 22.7 Å². The van der Waals surface area contributed by atoms with Crippen LogP contribution in [0.2, 0.25) is 0 Å². The summed E-state index contributed by atoms with van der Waals surface area (Å²) in [6, 6.07) is 14.9. The lowest BCUT2D eigenvalue weighted by atomic mass is 10.1. The van der Waals surface area contributed by atoms with Gasteiger partial charge in [0.2, 0.25) is 0 Å². The highest BCUT2D eigenvalue weighted by atomic mass is 16.5. The Labute approximate surface area is 151 Å². The molecule has 2 N–H and O–H groups in total. The number of carbonyl (C=O) groups excluding carboxylic acids is 2. The van der Waals surface area contributed by atoms with Crippen LogP contribution in [-0.4, -0.2) is 23.0 Å². The molecule has 3 aromatic rings. The Morgan fingerprint density at radius 2 is 1.88 bits per heavy atom. The van der Waals surface area contributed by atoms with E-state index in [1.54, 1.807) is 18.2 Å². The number of aromatic nitrogens is 1. The summed E-state index contributed by atoms with van der Waals surface area (Å²) < 4.78 is 7.29. The largest absolute Gasteiger partial charge is 0.494 e. The normalized spacial score (nSPS) is 10.5. The number of nitrogens with one attached hydrogen (secondary N) is 2. The predicted octanol–water partition coefficient (Wildman–Crippen LogP) is 2.81. The van der Waals surface area contributed by atoms with Crippen molar-refractivity contribution in [2.45, 2.75) is 20.4 Å². The van der Waals surface area contributed by atoms with E-state index in [1.807, 2.05) is 54.9 Å². The van der Waals surface area contributed by atoms with Crippen LogP contribution in [0.5, 0.6) is 5.75 Å². The molecule has 26 heavy (non-hydrogen) atoms. The highest BCUT2D eigenvalue weighted by molar-refractivity contribution is 5.95. The number of hydrazine groups is 1. The summed E-state index contributed by atoms with van der Waals surface area (Å²) in [5.41, 5.74) is 7.19. The van der Waals surface area contributed by atoms with Crippen LogP contribution in [0.3, 0.4) is 0 Å². The molecule has 0 bridgehead atoms. The second-order valence-corrected chi connectivity index (χ2v) is 5.92. The molecule has 0 aliphatic rings.